The van der Waals surface area contributed by atoms with Crippen LogP contribution in [0.5, 0.6) is 0 Å². The van der Waals surface area contributed by atoms with Crippen LogP contribution in [0, 0.1) is 5.41 Å². The van der Waals surface area contributed by atoms with E-state index in [1.807, 2.05) is 13.1 Å². The molecule has 4 rings (SSSR count). The minimum atomic E-state index is -4.15. The predicted octanol–water partition coefficient (Wildman–Crippen LogP) is 3.40. The molecule has 38 heavy (non-hydrogen) atoms. The molecule has 15 heteroatoms. The second-order valence-electron chi connectivity index (χ2n) is 13.1. The molecule has 0 saturated carbocycles. The van der Waals surface area contributed by atoms with E-state index in [1.54, 1.807) is 4.57 Å². The van der Waals surface area contributed by atoms with Crippen LogP contribution in [-0.2, 0) is 27.9 Å². The van der Waals surface area contributed by atoms with Gasteiger partial charge >= 0.3 is 0 Å². The SMILES string of the molecule is CC(C)(C)[Si](C)(C)O[C@H]1O[C@@H](n2cnc(=N)c3[nH]cnc32)[C@H](O[Si](C)(C)C(C)(C)C)C12OS(=O)(=O)C=C2N. The molecule has 1 fully saturated rings. The number of nitrogens with two attached hydrogens (primary N) is 1. The Labute approximate surface area is 225 Å². The number of fused-ring (bicyclic) bond motifs is 1. The van der Waals surface area contributed by atoms with E-state index in [0.29, 0.717) is 11.2 Å². The van der Waals surface area contributed by atoms with E-state index in [0.717, 1.165) is 5.41 Å². The van der Waals surface area contributed by atoms with Crippen LogP contribution < -0.4 is 11.2 Å². The van der Waals surface area contributed by atoms with Gasteiger partial charge in [-0.1, -0.05) is 41.5 Å². The number of aromatic nitrogens is 4. The number of aromatic amines is 1. The molecule has 0 radical (unpaired) electrons. The van der Waals surface area contributed by atoms with E-state index in [2.05, 4.69) is 69.6 Å². The molecule has 4 heterocycles. The van der Waals surface area contributed by atoms with Gasteiger partial charge in [0.15, 0.2) is 40.3 Å². The van der Waals surface area contributed by atoms with Crippen LogP contribution in [0.2, 0.25) is 36.3 Å². The van der Waals surface area contributed by atoms with Crippen LogP contribution in [0.3, 0.4) is 0 Å². The van der Waals surface area contributed by atoms with Gasteiger partial charge in [0.05, 0.1) is 17.4 Å². The Bertz CT molecular complexity index is 1440. The van der Waals surface area contributed by atoms with E-state index >= 15 is 0 Å². The fraction of sp³-hybridized carbons (Fsp3) is 0.696. The number of ether oxygens (including phenoxy) is 1. The van der Waals surface area contributed by atoms with Gasteiger partial charge in [0.1, 0.15) is 17.9 Å². The Morgan fingerprint density at radius 1 is 1.08 bits per heavy atom. The molecule has 1 unspecified atom stereocenters. The van der Waals surface area contributed by atoms with Gasteiger partial charge in [-0.3, -0.25) is 9.98 Å². The van der Waals surface area contributed by atoms with Crippen molar-refractivity contribution in [3.63, 3.8) is 0 Å². The van der Waals surface area contributed by atoms with Crippen molar-refractivity contribution in [1.29, 1.82) is 5.41 Å². The average Bonchev–Trinajstić information content (AvgIpc) is 3.38. The van der Waals surface area contributed by atoms with Gasteiger partial charge in [0, 0.05) is 0 Å². The van der Waals surface area contributed by atoms with Crippen molar-refractivity contribution in [2.45, 2.75) is 102 Å². The van der Waals surface area contributed by atoms with Crippen molar-refractivity contribution in [3.05, 3.63) is 29.2 Å². The first-order valence-electron chi connectivity index (χ1n) is 12.5. The average molecular weight is 585 g/mol. The van der Waals surface area contributed by atoms with Gasteiger partial charge < -0.3 is 24.3 Å². The second kappa shape index (κ2) is 8.81. The molecule has 212 valence electrons. The monoisotopic (exact) mass is 584 g/mol. The predicted molar refractivity (Wildman–Crippen MR) is 147 cm³/mol. The summed E-state index contributed by atoms with van der Waals surface area (Å²) in [6.07, 6.45) is -0.310. The highest BCUT2D eigenvalue weighted by molar-refractivity contribution is 7.90. The van der Waals surface area contributed by atoms with Crippen LogP contribution in [0.25, 0.3) is 11.2 Å². The highest BCUT2D eigenvalue weighted by atomic mass is 32.2. The number of imidazole rings is 1. The van der Waals surface area contributed by atoms with Crippen molar-refractivity contribution in [1.82, 2.24) is 19.5 Å². The summed E-state index contributed by atoms with van der Waals surface area (Å²) in [6.45, 7) is 20.7. The Hall–Kier alpha value is -1.89. The van der Waals surface area contributed by atoms with Crippen molar-refractivity contribution in [2.75, 3.05) is 0 Å². The molecule has 2 aromatic rings. The standard InChI is InChI=1S/C23H40N6O6SSi2/c1-21(2,3)37(7,8)33-16-19(29-13-28-17(25)15-18(29)27-12-26-15)32-20(34-38(9,10)22(4,5)6)23(16)14(24)11-36(30,31)35-23/h11-13,16,19-20,25H,24H2,1-10H3,(H,26,27)/t16-,19+,20+,23?/m0/s1. The lowest BCUT2D eigenvalue weighted by molar-refractivity contribution is -0.146. The van der Waals surface area contributed by atoms with Crippen LogP contribution in [0.4, 0.5) is 0 Å². The van der Waals surface area contributed by atoms with Crippen LogP contribution in [0.1, 0.15) is 47.8 Å². The molecule has 0 amide bonds. The summed E-state index contributed by atoms with van der Waals surface area (Å²) < 4.78 is 53.5. The molecule has 0 aliphatic carbocycles. The first-order valence-corrected chi connectivity index (χ1v) is 19.8. The van der Waals surface area contributed by atoms with E-state index < -0.39 is 51.0 Å². The van der Waals surface area contributed by atoms with Gasteiger partial charge in [-0.25, -0.2) is 14.2 Å². The molecule has 4 atom stereocenters. The molecule has 2 aromatic heterocycles. The smallest absolute Gasteiger partial charge is 0.293 e. The summed E-state index contributed by atoms with van der Waals surface area (Å²) in [4.78, 5) is 11.5. The highest BCUT2D eigenvalue weighted by Gasteiger charge is 2.69. The molecule has 2 aliphatic heterocycles. The molecule has 12 nitrogen and oxygen atoms in total. The van der Waals surface area contributed by atoms with Crippen molar-refractivity contribution >= 4 is 37.9 Å². The molecule has 0 bridgehead atoms. The van der Waals surface area contributed by atoms with Gasteiger partial charge in [0.25, 0.3) is 10.1 Å². The molecular formula is C23H40N6O6SSi2. The number of rotatable bonds is 5. The second-order valence-corrected chi connectivity index (χ2v) is 24.0. The molecular weight excluding hydrogens is 545 g/mol. The maximum absolute atomic E-state index is 12.9. The molecule has 2 aliphatic rings. The zero-order valence-corrected chi connectivity index (χ0v) is 26.6. The third kappa shape index (κ3) is 4.61. The summed E-state index contributed by atoms with van der Waals surface area (Å²) >= 11 is 0. The van der Waals surface area contributed by atoms with Crippen LogP contribution >= 0.6 is 0 Å². The largest absolute Gasteiger partial charge is 0.406 e. The molecule has 4 N–H and O–H groups in total. The first kappa shape index (κ1) is 29.1. The van der Waals surface area contributed by atoms with Gasteiger partial charge in [-0.05, 0) is 36.3 Å². The number of hydrogen-bond donors (Lipinski definition) is 3. The lowest BCUT2D eigenvalue weighted by Crippen LogP contribution is -2.60. The lowest BCUT2D eigenvalue weighted by atomic mass is 9.94. The first-order chi connectivity index (χ1) is 17.1. The fourth-order valence-electron chi connectivity index (χ4n) is 4.04. The molecule has 1 saturated heterocycles. The third-order valence-corrected chi connectivity index (χ3v) is 18.3. The quantitative estimate of drug-likeness (QED) is 0.352. The van der Waals surface area contributed by atoms with Gasteiger partial charge in [0.2, 0.25) is 5.60 Å². The number of nitrogens with one attached hydrogen (secondary N) is 2. The Morgan fingerprint density at radius 3 is 2.18 bits per heavy atom. The molecule has 1 spiro atoms. The summed E-state index contributed by atoms with van der Waals surface area (Å²) in [5.41, 5.74) is 5.50. The Balaban J connectivity index is 1.97. The van der Waals surface area contributed by atoms with E-state index in [9.17, 15) is 8.42 Å². The van der Waals surface area contributed by atoms with Crippen molar-refractivity contribution < 1.29 is 26.2 Å². The van der Waals surface area contributed by atoms with Crippen LogP contribution in [-0.4, -0.2) is 62.6 Å². The minimum Gasteiger partial charge on any atom is -0.406 e. The van der Waals surface area contributed by atoms with Crippen molar-refractivity contribution in [3.8, 4) is 0 Å². The maximum Gasteiger partial charge on any atom is 0.293 e. The normalized spacial score (nSPS) is 28.4. The minimum absolute atomic E-state index is 0.0107. The zero-order chi connectivity index (χ0) is 28.7. The Morgan fingerprint density at radius 2 is 1.66 bits per heavy atom. The van der Waals surface area contributed by atoms with E-state index in [-0.39, 0.29) is 21.3 Å². The topological polar surface area (TPSA) is 167 Å². The molecule has 0 aromatic carbocycles. The lowest BCUT2D eigenvalue weighted by Gasteiger charge is -2.44. The van der Waals surface area contributed by atoms with E-state index in [4.69, 9.17) is 28.9 Å². The van der Waals surface area contributed by atoms with E-state index in [1.165, 1.54) is 12.7 Å². The zero-order valence-electron chi connectivity index (χ0n) is 23.7. The number of hydrogen-bond acceptors (Lipinski definition) is 10. The summed E-state index contributed by atoms with van der Waals surface area (Å²) in [6, 6.07) is 0. The summed E-state index contributed by atoms with van der Waals surface area (Å²) in [5, 5.41) is 8.64. The van der Waals surface area contributed by atoms with Gasteiger partial charge in [-0.15, -0.1) is 0 Å². The third-order valence-electron chi connectivity index (χ3n) is 8.39. The van der Waals surface area contributed by atoms with Crippen molar-refractivity contribution in [2.24, 2.45) is 5.73 Å². The summed E-state index contributed by atoms with van der Waals surface area (Å²) in [5.74, 6) is 0. The van der Waals surface area contributed by atoms with Gasteiger partial charge in [-0.2, -0.15) is 8.42 Å². The summed E-state index contributed by atoms with van der Waals surface area (Å²) in [7, 11) is -9.28. The maximum atomic E-state index is 12.9. The van der Waals surface area contributed by atoms with Crippen LogP contribution in [0.15, 0.2) is 23.8 Å². The fourth-order valence-corrected chi connectivity index (χ4v) is 7.63. The highest BCUT2D eigenvalue weighted by Crippen LogP contribution is 2.53. The Kier molecular flexibility index (Phi) is 6.75. The number of nitrogens with zero attached hydrogens (tertiary/aromatic N) is 3. The number of H-pyrrole nitrogens is 1.